The number of hydrogen-bond acceptors (Lipinski definition) is 3. The van der Waals surface area contributed by atoms with Gasteiger partial charge >= 0.3 is 0 Å². The van der Waals surface area contributed by atoms with Crippen LogP contribution in [0.5, 0.6) is 0 Å². The molecule has 0 atom stereocenters. The monoisotopic (exact) mass is 724 g/mol. The highest BCUT2D eigenvalue weighted by molar-refractivity contribution is 7.16. The van der Waals surface area contributed by atoms with E-state index in [0.717, 1.165) is 45.9 Å². The van der Waals surface area contributed by atoms with Crippen molar-refractivity contribution in [3.63, 3.8) is 0 Å². The van der Waals surface area contributed by atoms with E-state index in [9.17, 15) is 0 Å². The van der Waals surface area contributed by atoms with Crippen LogP contribution < -0.4 is 9.75 Å². The third-order valence-electron chi connectivity index (χ3n) is 12.6. The number of nitrogens with zero attached hydrogens (tertiary/aromatic N) is 2. The van der Waals surface area contributed by atoms with Crippen LogP contribution in [-0.2, 0) is 10.8 Å². The number of benzene rings is 6. The van der Waals surface area contributed by atoms with E-state index in [1.165, 1.54) is 76.3 Å². The van der Waals surface area contributed by atoms with Gasteiger partial charge in [0.05, 0.1) is 5.69 Å². The van der Waals surface area contributed by atoms with Crippen LogP contribution in [0.1, 0.15) is 62.8 Å². The summed E-state index contributed by atoms with van der Waals surface area (Å²) in [5, 5.41) is 2.47. The van der Waals surface area contributed by atoms with Crippen molar-refractivity contribution < 1.29 is 0 Å². The molecule has 2 aromatic heterocycles. The van der Waals surface area contributed by atoms with E-state index in [1.54, 1.807) is 11.3 Å². The van der Waals surface area contributed by atoms with Gasteiger partial charge in [0.25, 0.3) is 0 Å². The van der Waals surface area contributed by atoms with Crippen LogP contribution in [0.3, 0.4) is 0 Å². The van der Waals surface area contributed by atoms with E-state index in [4.69, 9.17) is 9.97 Å². The Hall–Kier alpha value is -5.90. The molecule has 0 N–H and O–H groups in total. The van der Waals surface area contributed by atoms with Crippen LogP contribution in [0.15, 0.2) is 133 Å². The average Bonchev–Trinajstić information content (AvgIpc) is 3.80. The lowest BCUT2D eigenvalue weighted by molar-refractivity contribution is 0.652. The lowest BCUT2D eigenvalue weighted by Crippen LogP contribution is -2.21. The molecule has 6 aromatic carbocycles. The maximum Gasteiger partial charge on any atom is 0.161 e. The Balaban J connectivity index is 0.987. The van der Waals surface area contributed by atoms with Gasteiger partial charge in [0.15, 0.2) is 5.82 Å². The van der Waals surface area contributed by atoms with Gasteiger partial charge in [-0.15, -0.1) is 11.3 Å². The first kappa shape index (κ1) is 32.5. The van der Waals surface area contributed by atoms with Crippen molar-refractivity contribution in [2.24, 2.45) is 0 Å². The second kappa shape index (κ2) is 11.8. The summed E-state index contributed by atoms with van der Waals surface area (Å²) >= 11 is 1.79. The molecule has 0 radical (unpaired) electrons. The number of hydrogen-bond donors (Lipinski definition) is 0. The molecule has 2 nitrogen and oxygen atoms in total. The molecule has 8 aromatic rings. The molecule has 0 amide bonds. The highest BCUT2D eigenvalue weighted by Crippen LogP contribution is 2.57. The summed E-state index contributed by atoms with van der Waals surface area (Å²) in [5.41, 5.74) is 19.1. The van der Waals surface area contributed by atoms with Crippen molar-refractivity contribution in [1.82, 2.24) is 9.97 Å². The van der Waals surface area contributed by atoms with Gasteiger partial charge in [-0.1, -0.05) is 155 Å². The molecule has 3 aliphatic carbocycles. The second-order valence-corrected chi connectivity index (χ2v) is 17.5. The van der Waals surface area contributed by atoms with Crippen LogP contribution >= 0.6 is 11.3 Å². The van der Waals surface area contributed by atoms with E-state index in [1.807, 2.05) is 0 Å². The highest BCUT2D eigenvalue weighted by Gasteiger charge is 2.42. The number of fused-ring (bicyclic) bond motifs is 9. The van der Waals surface area contributed by atoms with E-state index in [2.05, 4.69) is 173 Å². The zero-order valence-corrected chi connectivity index (χ0v) is 32.4. The Morgan fingerprint density at radius 1 is 0.473 bits per heavy atom. The summed E-state index contributed by atoms with van der Waals surface area (Å²) in [4.78, 5) is 11.5. The molecule has 0 fully saturated rings. The Morgan fingerprint density at radius 3 is 1.96 bits per heavy atom. The Morgan fingerprint density at radius 2 is 1.11 bits per heavy atom. The molecule has 0 saturated carbocycles. The first-order valence-electron chi connectivity index (χ1n) is 19.5. The van der Waals surface area contributed by atoms with E-state index < -0.39 is 0 Å². The molecule has 3 aliphatic rings. The molecule has 264 valence electrons. The molecule has 3 heteroatoms. The van der Waals surface area contributed by atoms with Gasteiger partial charge in [0, 0.05) is 31.9 Å². The molecule has 0 spiro atoms. The minimum absolute atomic E-state index is 0.0424. The van der Waals surface area contributed by atoms with Crippen LogP contribution in [0.2, 0.25) is 0 Å². The molecule has 55 heavy (non-hydrogen) atoms. The normalized spacial score (nSPS) is 15.3. The highest BCUT2D eigenvalue weighted by atomic mass is 32.1. The fourth-order valence-electron chi connectivity index (χ4n) is 9.67. The molecule has 11 rings (SSSR count). The summed E-state index contributed by atoms with van der Waals surface area (Å²) in [6, 6.07) is 49.3. The van der Waals surface area contributed by atoms with Crippen LogP contribution in [0.4, 0.5) is 0 Å². The molecular formula is C52H40N2S. The zero-order valence-electron chi connectivity index (χ0n) is 31.6. The molecule has 0 saturated heterocycles. The third-order valence-corrected chi connectivity index (χ3v) is 13.7. The Kier molecular flexibility index (Phi) is 6.98. The number of rotatable bonds is 4. The van der Waals surface area contributed by atoms with E-state index in [0.29, 0.717) is 0 Å². The number of aromatic nitrogens is 2. The summed E-state index contributed by atoms with van der Waals surface area (Å²) in [7, 11) is 0. The first-order chi connectivity index (χ1) is 26.8. The van der Waals surface area contributed by atoms with Crippen molar-refractivity contribution in [3.8, 4) is 67.2 Å². The van der Waals surface area contributed by atoms with Crippen LogP contribution in [0, 0.1) is 0 Å². The van der Waals surface area contributed by atoms with Gasteiger partial charge in [-0.2, -0.15) is 0 Å². The molecule has 0 unspecified atom stereocenters. The second-order valence-electron chi connectivity index (χ2n) is 16.4. The maximum atomic E-state index is 5.28. The van der Waals surface area contributed by atoms with Crippen molar-refractivity contribution in [2.45, 2.75) is 51.4 Å². The van der Waals surface area contributed by atoms with E-state index in [-0.39, 0.29) is 10.8 Å². The Bertz CT molecular complexity index is 3020. The first-order valence-corrected chi connectivity index (χ1v) is 20.3. The topological polar surface area (TPSA) is 25.8 Å². The average molecular weight is 725 g/mol. The van der Waals surface area contributed by atoms with Crippen molar-refractivity contribution in [2.75, 3.05) is 0 Å². The van der Waals surface area contributed by atoms with Crippen LogP contribution in [-0.4, -0.2) is 9.97 Å². The Labute approximate surface area is 326 Å². The fourth-order valence-corrected chi connectivity index (χ4v) is 10.8. The van der Waals surface area contributed by atoms with Gasteiger partial charge in [-0.05, 0) is 103 Å². The lowest BCUT2D eigenvalue weighted by Gasteiger charge is -2.24. The summed E-state index contributed by atoms with van der Waals surface area (Å²) in [6.45, 7) is 9.54. The molecule has 0 aliphatic heterocycles. The summed E-state index contributed by atoms with van der Waals surface area (Å²) in [6.07, 6.45) is 6.86. The third kappa shape index (κ3) is 4.79. The summed E-state index contributed by atoms with van der Waals surface area (Å²) in [5.74, 6) is 0.766. The van der Waals surface area contributed by atoms with Gasteiger partial charge in [-0.3, -0.25) is 0 Å². The molecule has 0 bridgehead atoms. The zero-order chi connectivity index (χ0) is 37.1. The van der Waals surface area contributed by atoms with Gasteiger partial charge in [-0.25, -0.2) is 9.97 Å². The SMILES string of the molecule is CC1(C)c2ccccc2-c2cc3c(cc21)-c1c(-c2ccc(-c4cccc(-c5nc(-c6ccccc6)c6c7c(sc6n5)=CCCC=7)c4)cc2)cccc1C3(C)C. The smallest absolute Gasteiger partial charge is 0.161 e. The standard InChI is InChI=1S/C52H40N2S/c1-51(2)41-21-10-8-18-37(41)39-29-44-40(30-43(39)51)46-36(20-13-22-42(46)52(44,3)4)32-26-24-31(25-27-32)34-16-12-17-35(28-34)49-53-48(33-14-6-5-7-15-33)47-38-19-9-11-23-45(38)55-50(47)54-49/h5-8,10,12-30H,9,11H2,1-4H3. The van der Waals surface area contributed by atoms with Gasteiger partial charge in [0.1, 0.15) is 4.83 Å². The van der Waals surface area contributed by atoms with Crippen LogP contribution in [0.25, 0.3) is 89.5 Å². The van der Waals surface area contributed by atoms with Gasteiger partial charge in [0.2, 0.25) is 0 Å². The maximum absolute atomic E-state index is 5.28. The molecule has 2 heterocycles. The fraction of sp³-hybridized carbons (Fsp3) is 0.154. The number of thiophene rings is 1. The predicted molar refractivity (Wildman–Crippen MR) is 232 cm³/mol. The quantitative estimate of drug-likeness (QED) is 0.181. The predicted octanol–water partition coefficient (Wildman–Crippen LogP) is 12.3. The minimum atomic E-state index is -0.0951. The van der Waals surface area contributed by atoms with Crippen molar-refractivity contribution in [1.29, 1.82) is 0 Å². The minimum Gasteiger partial charge on any atom is -0.227 e. The van der Waals surface area contributed by atoms with E-state index >= 15 is 0 Å². The van der Waals surface area contributed by atoms with Crippen molar-refractivity contribution in [3.05, 3.63) is 165 Å². The van der Waals surface area contributed by atoms with Crippen molar-refractivity contribution >= 4 is 33.7 Å². The largest absolute Gasteiger partial charge is 0.227 e. The molecular weight excluding hydrogens is 685 g/mol. The summed E-state index contributed by atoms with van der Waals surface area (Å²) < 4.78 is 1.31. The van der Waals surface area contributed by atoms with Gasteiger partial charge < -0.3 is 0 Å². The lowest BCUT2D eigenvalue weighted by atomic mass is 9.79.